The Morgan fingerprint density at radius 1 is 1.06 bits per heavy atom. The summed E-state index contributed by atoms with van der Waals surface area (Å²) in [6.45, 7) is 1.32. The number of carbonyl (C=O) groups excluding carboxylic acids is 2. The number of anilines is 4. The Morgan fingerprint density at radius 3 is 2.34 bits per heavy atom. The van der Waals surface area contributed by atoms with Gasteiger partial charge in [0.25, 0.3) is 0 Å². The number of alkyl halides is 3. The van der Waals surface area contributed by atoms with Crippen LogP contribution < -0.4 is 15.5 Å². The number of amides is 1. The molecule has 0 atom stereocenters. The number of nitrogens with zero attached hydrogens (tertiary/aromatic N) is 4. The molecule has 10 nitrogen and oxygen atoms in total. The molecule has 184 valence electrons. The number of hydrogen-bond acceptors (Lipinski definition) is 9. The molecule has 13 heteroatoms. The van der Waals surface area contributed by atoms with E-state index in [-0.39, 0.29) is 29.5 Å². The van der Waals surface area contributed by atoms with Crippen LogP contribution in [0.4, 0.5) is 36.4 Å². The number of esters is 1. The lowest BCUT2D eigenvalue weighted by Gasteiger charge is -2.31. The summed E-state index contributed by atoms with van der Waals surface area (Å²) in [7, 11) is 1.38. The third kappa shape index (κ3) is 5.86. The zero-order valence-corrected chi connectivity index (χ0v) is 18.5. The van der Waals surface area contributed by atoms with E-state index in [0.717, 1.165) is 12.1 Å². The van der Waals surface area contributed by atoms with Crippen molar-refractivity contribution in [3.05, 3.63) is 54.0 Å². The summed E-state index contributed by atoms with van der Waals surface area (Å²) >= 11 is 0. The van der Waals surface area contributed by atoms with Gasteiger partial charge < -0.3 is 24.7 Å². The summed E-state index contributed by atoms with van der Waals surface area (Å²) in [6, 6.07) is 7.49. The number of rotatable bonds is 6. The van der Waals surface area contributed by atoms with Crippen LogP contribution in [0.5, 0.6) is 0 Å². The maximum atomic E-state index is 12.7. The molecule has 0 spiro atoms. The van der Waals surface area contributed by atoms with Gasteiger partial charge in [0.05, 0.1) is 30.5 Å². The van der Waals surface area contributed by atoms with Gasteiger partial charge in [0.15, 0.2) is 0 Å². The first-order chi connectivity index (χ1) is 16.7. The number of hydrogen-bond donors (Lipinski definition) is 2. The van der Waals surface area contributed by atoms with E-state index in [1.165, 1.54) is 25.4 Å². The highest BCUT2D eigenvalue weighted by Gasteiger charge is 2.30. The Balaban J connectivity index is 1.31. The van der Waals surface area contributed by atoms with Gasteiger partial charge >= 0.3 is 30.0 Å². The molecule has 1 aromatic carbocycles. The van der Waals surface area contributed by atoms with Gasteiger partial charge in [0.1, 0.15) is 5.82 Å². The van der Waals surface area contributed by atoms with E-state index in [4.69, 9.17) is 9.15 Å². The molecular weight excluding hydrogens is 469 g/mol. The van der Waals surface area contributed by atoms with Crippen LogP contribution in [0.2, 0.25) is 0 Å². The van der Waals surface area contributed by atoms with Crippen LogP contribution in [0, 0.1) is 5.92 Å². The number of methoxy groups -OCH3 is 1. The minimum absolute atomic E-state index is 0.108. The summed E-state index contributed by atoms with van der Waals surface area (Å²) in [6.07, 6.45) is -1.61. The van der Waals surface area contributed by atoms with Crippen molar-refractivity contribution >= 4 is 35.1 Å². The number of piperidine rings is 1. The summed E-state index contributed by atoms with van der Waals surface area (Å²) in [5.74, 6) is -0.607. The molecule has 0 saturated carbocycles. The van der Waals surface area contributed by atoms with Crippen molar-refractivity contribution in [3.63, 3.8) is 0 Å². The molecule has 0 radical (unpaired) electrons. The third-order valence-corrected chi connectivity index (χ3v) is 5.44. The van der Waals surface area contributed by atoms with Crippen LogP contribution in [0.15, 0.2) is 47.0 Å². The van der Waals surface area contributed by atoms with Crippen LogP contribution in [0.3, 0.4) is 0 Å². The highest BCUT2D eigenvalue weighted by atomic mass is 19.4. The topological polar surface area (TPSA) is 122 Å². The fourth-order valence-corrected chi connectivity index (χ4v) is 3.57. The minimum atomic E-state index is -4.44. The molecule has 4 rings (SSSR count). The highest BCUT2D eigenvalue weighted by Crippen LogP contribution is 2.30. The van der Waals surface area contributed by atoms with Crippen LogP contribution >= 0.6 is 0 Å². The molecule has 2 aromatic heterocycles. The van der Waals surface area contributed by atoms with E-state index < -0.39 is 17.6 Å². The Morgan fingerprint density at radius 2 is 1.74 bits per heavy atom. The van der Waals surface area contributed by atoms with Gasteiger partial charge in [-0.25, -0.2) is 4.98 Å². The maximum absolute atomic E-state index is 12.7. The summed E-state index contributed by atoms with van der Waals surface area (Å²) in [4.78, 5) is 30.5. The molecule has 1 amide bonds. The second-order valence-electron chi connectivity index (χ2n) is 7.76. The minimum Gasteiger partial charge on any atom is -0.469 e. The van der Waals surface area contributed by atoms with Crippen LogP contribution in [0.1, 0.15) is 29.1 Å². The van der Waals surface area contributed by atoms with Crippen molar-refractivity contribution in [3.8, 4) is 0 Å². The largest absolute Gasteiger partial charge is 0.469 e. The smallest absolute Gasteiger partial charge is 0.416 e. The Labute approximate surface area is 197 Å². The molecule has 2 N–H and O–H groups in total. The second kappa shape index (κ2) is 9.99. The molecule has 0 aliphatic carbocycles. The van der Waals surface area contributed by atoms with Crippen molar-refractivity contribution in [1.29, 1.82) is 0 Å². The van der Waals surface area contributed by atoms with E-state index in [9.17, 15) is 22.8 Å². The van der Waals surface area contributed by atoms with E-state index >= 15 is 0 Å². The number of pyridine rings is 1. The molecule has 3 aromatic rings. The van der Waals surface area contributed by atoms with Gasteiger partial charge in [-0.3, -0.25) is 9.59 Å². The first kappa shape index (κ1) is 24.0. The second-order valence-corrected chi connectivity index (χ2v) is 7.76. The van der Waals surface area contributed by atoms with Crippen molar-refractivity contribution in [2.75, 3.05) is 35.7 Å². The Bertz CT molecular complexity index is 1170. The van der Waals surface area contributed by atoms with Crippen LogP contribution in [0.25, 0.3) is 0 Å². The van der Waals surface area contributed by atoms with Gasteiger partial charge in [-0.15, -0.1) is 5.10 Å². The predicted molar refractivity (Wildman–Crippen MR) is 118 cm³/mol. The van der Waals surface area contributed by atoms with Crippen molar-refractivity contribution in [2.24, 2.45) is 5.92 Å². The number of benzene rings is 1. The SMILES string of the molecule is COC(=O)C1CCN(c2ccc(NC(=O)c3nnc(Nc4ccc(C(F)(F)F)cc4)o3)cn2)CC1. The van der Waals surface area contributed by atoms with E-state index in [2.05, 4.69) is 25.8 Å². The molecule has 1 saturated heterocycles. The van der Waals surface area contributed by atoms with Gasteiger partial charge in [-0.2, -0.15) is 13.2 Å². The van der Waals surface area contributed by atoms with E-state index in [1.807, 2.05) is 4.90 Å². The molecule has 0 unspecified atom stereocenters. The highest BCUT2D eigenvalue weighted by molar-refractivity contribution is 6.00. The molecule has 1 fully saturated rings. The Kier molecular flexibility index (Phi) is 6.85. The van der Waals surface area contributed by atoms with Gasteiger partial charge in [0, 0.05) is 18.8 Å². The summed E-state index contributed by atoms with van der Waals surface area (Å²) in [5, 5.41) is 12.6. The lowest BCUT2D eigenvalue weighted by atomic mass is 9.97. The summed E-state index contributed by atoms with van der Waals surface area (Å²) in [5.41, 5.74) is -0.110. The normalized spacial score (nSPS) is 14.5. The van der Waals surface area contributed by atoms with E-state index in [0.29, 0.717) is 37.4 Å². The first-order valence-corrected chi connectivity index (χ1v) is 10.6. The Hall–Kier alpha value is -4.16. The molecule has 0 bridgehead atoms. The van der Waals surface area contributed by atoms with Crippen molar-refractivity contribution in [2.45, 2.75) is 19.0 Å². The standard InChI is InChI=1S/C22H21F3N6O4/c1-34-20(33)13-8-10-31(11-9-13)17-7-6-16(12-26-17)27-18(32)19-29-30-21(35-19)28-15-4-2-14(3-5-15)22(23,24)25/h2-7,12-13H,8-11H2,1H3,(H,27,32)(H,28,30). The number of nitrogens with one attached hydrogen (secondary N) is 2. The average molecular weight is 490 g/mol. The third-order valence-electron chi connectivity index (χ3n) is 5.44. The lowest BCUT2D eigenvalue weighted by Crippen LogP contribution is -2.37. The van der Waals surface area contributed by atoms with E-state index in [1.54, 1.807) is 12.1 Å². The number of aromatic nitrogens is 3. The zero-order chi connectivity index (χ0) is 25.0. The maximum Gasteiger partial charge on any atom is 0.416 e. The zero-order valence-electron chi connectivity index (χ0n) is 18.5. The predicted octanol–water partition coefficient (Wildman–Crippen LogP) is 3.87. The van der Waals surface area contributed by atoms with Gasteiger partial charge in [0.2, 0.25) is 0 Å². The fourth-order valence-electron chi connectivity index (χ4n) is 3.57. The molecule has 3 heterocycles. The fraction of sp³-hybridized carbons (Fsp3) is 0.318. The average Bonchev–Trinajstić information content (AvgIpc) is 3.32. The summed E-state index contributed by atoms with van der Waals surface area (Å²) < 4.78 is 48.0. The molecule has 1 aliphatic rings. The quantitative estimate of drug-likeness (QED) is 0.496. The lowest BCUT2D eigenvalue weighted by molar-refractivity contribution is -0.146. The van der Waals surface area contributed by atoms with Crippen LogP contribution in [-0.2, 0) is 15.7 Å². The monoisotopic (exact) mass is 490 g/mol. The first-order valence-electron chi connectivity index (χ1n) is 10.6. The number of halogens is 3. The number of carbonyl (C=O) groups is 2. The molecular formula is C22H21F3N6O4. The molecule has 1 aliphatic heterocycles. The van der Waals surface area contributed by atoms with Crippen LogP contribution in [-0.4, -0.2) is 47.3 Å². The van der Waals surface area contributed by atoms with Gasteiger partial charge in [-0.05, 0) is 49.2 Å². The molecule has 35 heavy (non-hydrogen) atoms. The van der Waals surface area contributed by atoms with Crippen molar-refractivity contribution < 1.29 is 31.9 Å². The van der Waals surface area contributed by atoms with Crippen molar-refractivity contribution in [1.82, 2.24) is 15.2 Å². The van der Waals surface area contributed by atoms with Gasteiger partial charge in [-0.1, -0.05) is 5.10 Å². The number of ether oxygens (including phenoxy) is 1.